The van der Waals surface area contributed by atoms with Crippen LogP contribution in [0.25, 0.3) is 6.08 Å². The number of hydrogen-bond donors (Lipinski definition) is 0. The Hall–Kier alpha value is -0.700. The Morgan fingerprint density at radius 1 is 1.42 bits per heavy atom. The Morgan fingerprint density at radius 2 is 2.08 bits per heavy atom. The molecular weight excluding hydrogens is 226 g/mol. The molecule has 0 unspecified atom stereocenters. The van der Waals surface area contributed by atoms with Gasteiger partial charge < -0.3 is 0 Å². The highest BCUT2D eigenvalue weighted by atomic mass is 79.9. The van der Waals surface area contributed by atoms with E-state index in [0.29, 0.717) is 5.56 Å². The highest BCUT2D eigenvalue weighted by Crippen LogP contribution is 2.15. The van der Waals surface area contributed by atoms with Crippen molar-refractivity contribution in [2.24, 2.45) is 0 Å². The summed E-state index contributed by atoms with van der Waals surface area (Å²) >= 11 is 3.16. The third kappa shape index (κ3) is 2.41. The van der Waals surface area contributed by atoms with Gasteiger partial charge >= 0.3 is 0 Å². The molecule has 1 aromatic rings. The lowest BCUT2D eigenvalue weighted by Gasteiger charge is -1.96. The molecule has 1 rings (SSSR count). The smallest absolute Gasteiger partial charge is 0.133 e. The Bertz CT molecular complexity index is 314. The zero-order chi connectivity index (χ0) is 9.14. The van der Waals surface area contributed by atoms with Gasteiger partial charge in [-0.05, 0) is 29.6 Å². The van der Waals surface area contributed by atoms with Gasteiger partial charge in [-0.25, -0.2) is 8.78 Å². The minimum absolute atomic E-state index is 0.380. The fourth-order valence-corrected chi connectivity index (χ4v) is 1.08. The average molecular weight is 233 g/mol. The van der Waals surface area contributed by atoms with Gasteiger partial charge in [0.1, 0.15) is 11.6 Å². The molecule has 64 valence electrons. The molecule has 0 aromatic heterocycles. The first-order chi connectivity index (χ1) is 5.59. The molecule has 12 heavy (non-hydrogen) atoms. The van der Waals surface area contributed by atoms with Gasteiger partial charge in [0.15, 0.2) is 0 Å². The fraction of sp³-hybridized carbons (Fsp3) is 0.111. The van der Waals surface area contributed by atoms with Crippen molar-refractivity contribution in [1.82, 2.24) is 0 Å². The maximum Gasteiger partial charge on any atom is 0.133 e. The number of benzene rings is 1. The molecule has 0 aliphatic rings. The zero-order valence-corrected chi connectivity index (χ0v) is 8.03. The van der Waals surface area contributed by atoms with E-state index in [1.165, 1.54) is 12.1 Å². The highest BCUT2D eigenvalue weighted by molar-refractivity contribution is 9.11. The van der Waals surface area contributed by atoms with Crippen LogP contribution in [0.15, 0.2) is 22.7 Å². The molecule has 0 saturated heterocycles. The van der Waals surface area contributed by atoms with Crippen molar-refractivity contribution in [3.8, 4) is 0 Å². The van der Waals surface area contributed by atoms with Gasteiger partial charge in [0.05, 0.1) is 0 Å². The normalized spacial score (nSPS) is 11.8. The minimum Gasteiger partial charge on any atom is -0.207 e. The molecule has 0 radical (unpaired) electrons. The van der Waals surface area contributed by atoms with Crippen LogP contribution in [-0.4, -0.2) is 0 Å². The Kier molecular flexibility index (Phi) is 2.98. The Labute approximate surface area is 78.0 Å². The second kappa shape index (κ2) is 3.81. The third-order valence-electron chi connectivity index (χ3n) is 1.32. The van der Waals surface area contributed by atoms with Crippen LogP contribution in [0, 0.1) is 11.6 Å². The van der Waals surface area contributed by atoms with Gasteiger partial charge in [-0.15, -0.1) is 0 Å². The van der Waals surface area contributed by atoms with Crippen molar-refractivity contribution < 1.29 is 8.78 Å². The van der Waals surface area contributed by atoms with E-state index in [1.54, 1.807) is 13.0 Å². The molecule has 0 aliphatic carbocycles. The summed E-state index contributed by atoms with van der Waals surface area (Å²) in [4.78, 5) is 0. The minimum atomic E-state index is -0.558. The first-order valence-electron chi connectivity index (χ1n) is 3.38. The van der Waals surface area contributed by atoms with Crippen molar-refractivity contribution in [2.45, 2.75) is 6.92 Å². The molecule has 0 bridgehead atoms. The van der Waals surface area contributed by atoms with E-state index in [4.69, 9.17) is 0 Å². The summed E-state index contributed by atoms with van der Waals surface area (Å²) in [7, 11) is 0. The molecule has 0 heterocycles. The Balaban J connectivity index is 3.10. The molecule has 0 nitrogen and oxygen atoms in total. The van der Waals surface area contributed by atoms with Gasteiger partial charge in [-0.2, -0.15) is 0 Å². The van der Waals surface area contributed by atoms with Gasteiger partial charge in [-0.1, -0.05) is 15.9 Å². The van der Waals surface area contributed by atoms with Crippen LogP contribution in [0.5, 0.6) is 0 Å². The van der Waals surface area contributed by atoms with Crippen LogP contribution in [-0.2, 0) is 0 Å². The quantitative estimate of drug-likeness (QED) is 0.693. The fourth-order valence-electron chi connectivity index (χ4n) is 0.833. The van der Waals surface area contributed by atoms with Crippen molar-refractivity contribution in [2.75, 3.05) is 0 Å². The van der Waals surface area contributed by atoms with Gasteiger partial charge in [0, 0.05) is 11.6 Å². The maximum absolute atomic E-state index is 12.9. The predicted molar refractivity (Wildman–Crippen MR) is 48.9 cm³/mol. The van der Waals surface area contributed by atoms with Gasteiger partial charge in [-0.3, -0.25) is 0 Å². The van der Waals surface area contributed by atoms with Crippen molar-refractivity contribution in [3.05, 3.63) is 39.9 Å². The molecule has 3 heteroatoms. The largest absolute Gasteiger partial charge is 0.207 e. The second-order valence-electron chi connectivity index (χ2n) is 2.40. The summed E-state index contributed by atoms with van der Waals surface area (Å²) in [6, 6.07) is 3.49. The van der Waals surface area contributed by atoms with E-state index < -0.39 is 11.6 Å². The van der Waals surface area contributed by atoms with Crippen LogP contribution in [0.3, 0.4) is 0 Å². The summed E-state index contributed by atoms with van der Waals surface area (Å²) < 4.78 is 26.1. The lowest BCUT2D eigenvalue weighted by atomic mass is 10.2. The van der Waals surface area contributed by atoms with E-state index >= 15 is 0 Å². The van der Waals surface area contributed by atoms with Gasteiger partial charge in [0.25, 0.3) is 0 Å². The van der Waals surface area contributed by atoms with E-state index in [-0.39, 0.29) is 0 Å². The molecular formula is C9H7BrF2. The summed E-state index contributed by atoms with van der Waals surface area (Å²) in [5, 5.41) is 0. The van der Waals surface area contributed by atoms with Crippen LogP contribution < -0.4 is 0 Å². The number of allylic oxidation sites excluding steroid dienone is 1. The number of rotatable bonds is 1. The summed E-state index contributed by atoms with van der Waals surface area (Å²) in [6.45, 7) is 1.78. The van der Waals surface area contributed by atoms with Gasteiger partial charge in [0.2, 0.25) is 0 Å². The van der Waals surface area contributed by atoms with Crippen molar-refractivity contribution in [3.63, 3.8) is 0 Å². The van der Waals surface area contributed by atoms with E-state index in [0.717, 1.165) is 10.5 Å². The lowest BCUT2D eigenvalue weighted by molar-refractivity contribution is 0.581. The third-order valence-corrected chi connectivity index (χ3v) is 1.55. The molecule has 0 atom stereocenters. The van der Waals surface area contributed by atoms with E-state index in [9.17, 15) is 8.78 Å². The molecule has 1 aromatic carbocycles. The monoisotopic (exact) mass is 232 g/mol. The molecule has 0 aliphatic heterocycles. The van der Waals surface area contributed by atoms with Crippen LogP contribution in [0.1, 0.15) is 12.5 Å². The summed E-state index contributed by atoms with van der Waals surface area (Å²) in [5.41, 5.74) is 0.380. The maximum atomic E-state index is 12.9. The molecule has 0 amide bonds. The first-order valence-corrected chi connectivity index (χ1v) is 4.18. The SMILES string of the molecule is CC(Br)=Cc1ccc(F)cc1F. The molecule has 0 fully saturated rings. The van der Waals surface area contributed by atoms with Crippen molar-refractivity contribution >= 4 is 22.0 Å². The summed E-state index contributed by atoms with van der Waals surface area (Å²) in [6.07, 6.45) is 1.59. The first kappa shape index (κ1) is 9.39. The Morgan fingerprint density at radius 3 is 2.58 bits per heavy atom. The zero-order valence-electron chi connectivity index (χ0n) is 6.44. The number of hydrogen-bond acceptors (Lipinski definition) is 0. The molecule has 0 spiro atoms. The van der Waals surface area contributed by atoms with E-state index in [1.807, 2.05) is 0 Å². The van der Waals surface area contributed by atoms with Crippen LogP contribution in [0.2, 0.25) is 0 Å². The topological polar surface area (TPSA) is 0 Å². The number of halogens is 3. The highest BCUT2D eigenvalue weighted by Gasteiger charge is 1.99. The average Bonchev–Trinajstić information content (AvgIpc) is 1.94. The summed E-state index contributed by atoms with van der Waals surface area (Å²) in [5.74, 6) is -1.11. The van der Waals surface area contributed by atoms with Crippen molar-refractivity contribution in [1.29, 1.82) is 0 Å². The van der Waals surface area contributed by atoms with Crippen LogP contribution in [0.4, 0.5) is 8.78 Å². The second-order valence-corrected chi connectivity index (χ2v) is 3.65. The predicted octanol–water partition coefficient (Wildman–Crippen LogP) is 3.72. The standard InChI is InChI=1S/C9H7BrF2/c1-6(10)4-7-2-3-8(11)5-9(7)12/h2-5H,1H3. The van der Waals surface area contributed by atoms with E-state index in [2.05, 4.69) is 15.9 Å². The molecule has 0 N–H and O–H groups in total. The van der Waals surface area contributed by atoms with Crippen LogP contribution >= 0.6 is 15.9 Å². The lowest BCUT2D eigenvalue weighted by Crippen LogP contribution is -1.83. The molecule has 0 saturated carbocycles.